The van der Waals surface area contributed by atoms with Gasteiger partial charge in [0, 0.05) is 26.0 Å². The molecule has 0 radical (unpaired) electrons. The van der Waals surface area contributed by atoms with E-state index in [0.717, 1.165) is 17.4 Å². The standard InChI is InChI=1S/C9H13BrN2/c1-3-6-12(2)9-4-5-11-7-8(9)10/h4-5,7H,3,6H2,1-2H3. The summed E-state index contributed by atoms with van der Waals surface area (Å²) in [6.45, 7) is 3.24. The summed E-state index contributed by atoms with van der Waals surface area (Å²) >= 11 is 3.46. The summed E-state index contributed by atoms with van der Waals surface area (Å²) in [5, 5.41) is 0. The Hall–Kier alpha value is -0.570. The van der Waals surface area contributed by atoms with Gasteiger partial charge in [-0.25, -0.2) is 0 Å². The normalized spacial score (nSPS) is 9.92. The Labute approximate surface area is 81.7 Å². The third kappa shape index (κ3) is 2.21. The van der Waals surface area contributed by atoms with Crippen molar-refractivity contribution in [3.8, 4) is 0 Å². The van der Waals surface area contributed by atoms with Crippen LogP contribution in [0, 0.1) is 0 Å². The molecule has 0 N–H and O–H groups in total. The minimum Gasteiger partial charge on any atom is -0.374 e. The van der Waals surface area contributed by atoms with Crippen molar-refractivity contribution in [2.45, 2.75) is 13.3 Å². The first kappa shape index (κ1) is 9.52. The van der Waals surface area contributed by atoms with Crippen LogP contribution in [0.3, 0.4) is 0 Å². The molecular weight excluding hydrogens is 216 g/mol. The Kier molecular flexibility index (Phi) is 3.53. The van der Waals surface area contributed by atoms with Crippen molar-refractivity contribution >= 4 is 21.6 Å². The maximum atomic E-state index is 4.01. The Bertz CT molecular complexity index is 250. The molecule has 0 unspecified atom stereocenters. The van der Waals surface area contributed by atoms with Gasteiger partial charge in [-0.05, 0) is 28.4 Å². The summed E-state index contributed by atoms with van der Waals surface area (Å²) in [4.78, 5) is 6.23. The third-order valence-electron chi connectivity index (χ3n) is 1.72. The molecule has 0 aliphatic heterocycles. The Morgan fingerprint density at radius 1 is 1.58 bits per heavy atom. The summed E-state index contributed by atoms with van der Waals surface area (Å²) in [5.41, 5.74) is 1.20. The van der Waals surface area contributed by atoms with Crippen molar-refractivity contribution in [1.82, 2.24) is 4.98 Å². The average Bonchev–Trinajstić information content (AvgIpc) is 2.05. The van der Waals surface area contributed by atoms with E-state index in [1.165, 1.54) is 5.69 Å². The highest BCUT2D eigenvalue weighted by Gasteiger charge is 2.02. The SMILES string of the molecule is CCCN(C)c1ccncc1Br. The molecule has 0 saturated heterocycles. The van der Waals surface area contributed by atoms with E-state index >= 15 is 0 Å². The van der Waals surface area contributed by atoms with Crippen molar-refractivity contribution in [3.63, 3.8) is 0 Å². The molecule has 0 fully saturated rings. The Morgan fingerprint density at radius 3 is 2.92 bits per heavy atom. The van der Waals surface area contributed by atoms with E-state index in [0.29, 0.717) is 0 Å². The van der Waals surface area contributed by atoms with Gasteiger partial charge >= 0.3 is 0 Å². The number of nitrogens with zero attached hydrogens (tertiary/aromatic N) is 2. The van der Waals surface area contributed by atoms with Crippen molar-refractivity contribution < 1.29 is 0 Å². The quantitative estimate of drug-likeness (QED) is 0.792. The number of halogens is 1. The molecule has 2 nitrogen and oxygen atoms in total. The molecule has 1 heterocycles. The highest BCUT2D eigenvalue weighted by Crippen LogP contribution is 2.23. The molecule has 0 spiro atoms. The molecular formula is C9H13BrN2. The van der Waals surface area contributed by atoms with Gasteiger partial charge in [0.2, 0.25) is 0 Å². The number of aromatic nitrogens is 1. The van der Waals surface area contributed by atoms with Crippen LogP contribution in [-0.4, -0.2) is 18.6 Å². The summed E-state index contributed by atoms with van der Waals surface area (Å²) in [6.07, 6.45) is 4.79. The minimum absolute atomic E-state index is 1.06. The monoisotopic (exact) mass is 228 g/mol. The fourth-order valence-corrected chi connectivity index (χ4v) is 1.69. The topological polar surface area (TPSA) is 16.1 Å². The smallest absolute Gasteiger partial charge is 0.0592 e. The van der Waals surface area contributed by atoms with Crippen LogP contribution < -0.4 is 4.90 Å². The predicted octanol–water partition coefficient (Wildman–Crippen LogP) is 2.69. The summed E-state index contributed by atoms with van der Waals surface area (Å²) in [7, 11) is 2.09. The van der Waals surface area contributed by atoms with E-state index in [1.54, 1.807) is 0 Å². The summed E-state index contributed by atoms with van der Waals surface area (Å²) in [6, 6.07) is 2.01. The van der Waals surface area contributed by atoms with Gasteiger partial charge in [0.1, 0.15) is 0 Å². The number of anilines is 1. The zero-order valence-electron chi connectivity index (χ0n) is 7.42. The van der Waals surface area contributed by atoms with Crippen LogP contribution in [0.5, 0.6) is 0 Å². The van der Waals surface area contributed by atoms with Crippen LogP contribution in [-0.2, 0) is 0 Å². The van der Waals surface area contributed by atoms with Crippen LogP contribution in [0.1, 0.15) is 13.3 Å². The van der Waals surface area contributed by atoms with E-state index in [9.17, 15) is 0 Å². The first-order valence-corrected chi connectivity index (χ1v) is 4.85. The number of pyridine rings is 1. The maximum Gasteiger partial charge on any atom is 0.0592 e. The van der Waals surface area contributed by atoms with Crippen LogP contribution in [0.15, 0.2) is 22.9 Å². The molecule has 0 saturated carbocycles. The van der Waals surface area contributed by atoms with Gasteiger partial charge in [0.25, 0.3) is 0 Å². The molecule has 0 aromatic carbocycles. The van der Waals surface area contributed by atoms with Gasteiger partial charge in [-0.15, -0.1) is 0 Å². The summed E-state index contributed by atoms with van der Waals surface area (Å²) in [5.74, 6) is 0. The van der Waals surface area contributed by atoms with Gasteiger partial charge in [0.05, 0.1) is 10.2 Å². The van der Waals surface area contributed by atoms with E-state index < -0.39 is 0 Å². The van der Waals surface area contributed by atoms with Crippen molar-refractivity contribution in [2.24, 2.45) is 0 Å². The van der Waals surface area contributed by atoms with Crippen molar-refractivity contribution in [2.75, 3.05) is 18.5 Å². The van der Waals surface area contributed by atoms with Crippen molar-refractivity contribution in [1.29, 1.82) is 0 Å². The van der Waals surface area contributed by atoms with Crippen LogP contribution in [0.4, 0.5) is 5.69 Å². The zero-order valence-corrected chi connectivity index (χ0v) is 9.00. The molecule has 0 atom stereocenters. The van der Waals surface area contributed by atoms with Gasteiger partial charge in [-0.3, -0.25) is 4.98 Å². The highest BCUT2D eigenvalue weighted by molar-refractivity contribution is 9.10. The minimum atomic E-state index is 1.06. The zero-order chi connectivity index (χ0) is 8.97. The average molecular weight is 229 g/mol. The number of hydrogen-bond donors (Lipinski definition) is 0. The van der Waals surface area contributed by atoms with Gasteiger partial charge < -0.3 is 4.90 Å². The van der Waals surface area contributed by atoms with E-state index in [-0.39, 0.29) is 0 Å². The van der Waals surface area contributed by atoms with Gasteiger partial charge in [-0.1, -0.05) is 6.92 Å². The van der Waals surface area contributed by atoms with E-state index in [1.807, 2.05) is 18.5 Å². The second-order valence-electron chi connectivity index (χ2n) is 2.75. The van der Waals surface area contributed by atoms with E-state index in [4.69, 9.17) is 0 Å². The third-order valence-corrected chi connectivity index (χ3v) is 2.33. The molecule has 66 valence electrons. The lowest BCUT2D eigenvalue weighted by Gasteiger charge is -2.19. The maximum absolute atomic E-state index is 4.01. The predicted molar refractivity (Wildman–Crippen MR) is 55.5 cm³/mol. The molecule has 12 heavy (non-hydrogen) atoms. The fourth-order valence-electron chi connectivity index (χ4n) is 1.13. The molecule has 0 aliphatic carbocycles. The number of rotatable bonds is 3. The van der Waals surface area contributed by atoms with Crippen molar-refractivity contribution in [3.05, 3.63) is 22.9 Å². The van der Waals surface area contributed by atoms with E-state index in [2.05, 4.69) is 39.8 Å². The second kappa shape index (κ2) is 4.45. The number of hydrogen-bond acceptors (Lipinski definition) is 2. The van der Waals surface area contributed by atoms with Gasteiger partial charge in [-0.2, -0.15) is 0 Å². The Balaban J connectivity index is 2.79. The molecule has 3 heteroatoms. The lowest BCUT2D eigenvalue weighted by atomic mass is 10.3. The fraction of sp³-hybridized carbons (Fsp3) is 0.444. The van der Waals surface area contributed by atoms with Crippen LogP contribution in [0.2, 0.25) is 0 Å². The molecule has 0 aliphatic rings. The molecule has 0 bridgehead atoms. The first-order chi connectivity index (χ1) is 5.75. The molecule has 1 aromatic rings. The summed E-state index contributed by atoms with van der Waals surface area (Å²) < 4.78 is 1.06. The van der Waals surface area contributed by atoms with Crippen LogP contribution in [0.25, 0.3) is 0 Å². The molecule has 1 aromatic heterocycles. The molecule has 1 rings (SSSR count). The second-order valence-corrected chi connectivity index (χ2v) is 3.60. The Morgan fingerprint density at radius 2 is 2.33 bits per heavy atom. The lowest BCUT2D eigenvalue weighted by molar-refractivity contribution is 0.849. The largest absolute Gasteiger partial charge is 0.374 e. The first-order valence-electron chi connectivity index (χ1n) is 4.06. The lowest BCUT2D eigenvalue weighted by Crippen LogP contribution is -2.18. The van der Waals surface area contributed by atoms with Crippen LogP contribution >= 0.6 is 15.9 Å². The highest BCUT2D eigenvalue weighted by atomic mass is 79.9. The van der Waals surface area contributed by atoms with Gasteiger partial charge in [0.15, 0.2) is 0 Å². The molecule has 0 amide bonds.